The van der Waals surface area contributed by atoms with E-state index in [1.807, 2.05) is 6.92 Å². The predicted octanol–water partition coefficient (Wildman–Crippen LogP) is 0.716. The monoisotopic (exact) mass is 186 g/mol. The number of halogens is 1. The van der Waals surface area contributed by atoms with Crippen LogP contribution in [0.1, 0.15) is 19.8 Å². The SMILES string of the molecule is CCCC(O)CS(=O)(=O)Cl. The molecule has 1 unspecified atom stereocenters. The molecule has 0 aromatic heterocycles. The minimum Gasteiger partial charge on any atom is -0.392 e. The first-order valence-corrected chi connectivity index (χ1v) is 5.54. The third-order valence-corrected chi connectivity index (χ3v) is 2.17. The van der Waals surface area contributed by atoms with Gasteiger partial charge >= 0.3 is 0 Å². The summed E-state index contributed by atoms with van der Waals surface area (Å²) in [6.45, 7) is 1.87. The Hall–Kier alpha value is 0.200. The lowest BCUT2D eigenvalue weighted by Gasteiger charge is -2.04. The number of aliphatic hydroxyl groups is 1. The zero-order chi connectivity index (χ0) is 8.20. The molecular weight excluding hydrogens is 176 g/mol. The number of aliphatic hydroxyl groups excluding tert-OH is 1. The molecule has 0 spiro atoms. The molecule has 0 heterocycles. The largest absolute Gasteiger partial charge is 0.392 e. The normalized spacial score (nSPS) is 15.1. The van der Waals surface area contributed by atoms with E-state index in [1.54, 1.807) is 0 Å². The summed E-state index contributed by atoms with van der Waals surface area (Å²) in [5.74, 6) is -0.345. The van der Waals surface area contributed by atoms with Gasteiger partial charge in [0.25, 0.3) is 0 Å². The lowest BCUT2D eigenvalue weighted by Crippen LogP contribution is -2.16. The Bertz CT molecular complexity index is 175. The van der Waals surface area contributed by atoms with Gasteiger partial charge in [-0.05, 0) is 6.42 Å². The molecule has 0 saturated carbocycles. The second-order valence-corrected chi connectivity index (χ2v) is 4.97. The van der Waals surface area contributed by atoms with Crippen LogP contribution in [0, 0.1) is 0 Å². The van der Waals surface area contributed by atoms with Crippen LogP contribution in [0.4, 0.5) is 0 Å². The lowest BCUT2D eigenvalue weighted by atomic mass is 10.2. The molecule has 0 bridgehead atoms. The van der Waals surface area contributed by atoms with Crippen molar-refractivity contribution >= 4 is 19.7 Å². The van der Waals surface area contributed by atoms with Gasteiger partial charge in [-0.15, -0.1) is 0 Å². The van der Waals surface area contributed by atoms with Crippen molar-refractivity contribution in [3.63, 3.8) is 0 Å². The first kappa shape index (κ1) is 10.2. The van der Waals surface area contributed by atoms with Gasteiger partial charge in [0.05, 0.1) is 11.9 Å². The molecule has 1 N–H and O–H groups in total. The maximum absolute atomic E-state index is 10.3. The molecule has 5 heteroatoms. The summed E-state index contributed by atoms with van der Waals surface area (Å²) in [6, 6.07) is 0. The average Bonchev–Trinajstić information content (AvgIpc) is 1.59. The third kappa shape index (κ3) is 6.32. The van der Waals surface area contributed by atoms with E-state index in [4.69, 9.17) is 15.8 Å². The second-order valence-electron chi connectivity index (χ2n) is 2.15. The van der Waals surface area contributed by atoms with E-state index in [0.717, 1.165) is 6.42 Å². The first-order chi connectivity index (χ1) is 4.45. The van der Waals surface area contributed by atoms with Crippen molar-refractivity contribution in [3.05, 3.63) is 0 Å². The lowest BCUT2D eigenvalue weighted by molar-refractivity contribution is 0.186. The molecule has 3 nitrogen and oxygen atoms in total. The van der Waals surface area contributed by atoms with E-state index in [1.165, 1.54) is 0 Å². The molecule has 0 aliphatic carbocycles. The molecule has 0 saturated heterocycles. The second kappa shape index (κ2) is 4.16. The highest BCUT2D eigenvalue weighted by Gasteiger charge is 2.12. The van der Waals surface area contributed by atoms with Gasteiger partial charge in [-0.3, -0.25) is 0 Å². The van der Waals surface area contributed by atoms with Crippen LogP contribution in [0.15, 0.2) is 0 Å². The topological polar surface area (TPSA) is 54.4 Å². The molecular formula is C5H11ClO3S. The van der Waals surface area contributed by atoms with Crippen molar-refractivity contribution in [1.82, 2.24) is 0 Å². The highest BCUT2D eigenvalue weighted by Crippen LogP contribution is 2.03. The van der Waals surface area contributed by atoms with Crippen molar-refractivity contribution in [2.75, 3.05) is 5.75 Å². The summed E-state index contributed by atoms with van der Waals surface area (Å²) in [4.78, 5) is 0. The van der Waals surface area contributed by atoms with Gasteiger partial charge in [0.15, 0.2) is 0 Å². The number of hydrogen-bond acceptors (Lipinski definition) is 3. The Morgan fingerprint density at radius 2 is 2.10 bits per heavy atom. The maximum Gasteiger partial charge on any atom is 0.235 e. The van der Waals surface area contributed by atoms with Crippen molar-refractivity contribution < 1.29 is 13.5 Å². The molecule has 0 amide bonds. The minimum absolute atomic E-state index is 0.345. The van der Waals surface area contributed by atoms with E-state index in [0.29, 0.717) is 6.42 Å². The van der Waals surface area contributed by atoms with Crippen LogP contribution in [0.3, 0.4) is 0 Å². The van der Waals surface area contributed by atoms with Gasteiger partial charge in [-0.25, -0.2) is 8.42 Å². The predicted molar refractivity (Wildman–Crippen MR) is 40.6 cm³/mol. The van der Waals surface area contributed by atoms with E-state index < -0.39 is 15.2 Å². The summed E-state index contributed by atoms with van der Waals surface area (Å²) in [5, 5.41) is 8.92. The van der Waals surface area contributed by atoms with Gasteiger partial charge < -0.3 is 5.11 Å². The summed E-state index contributed by atoms with van der Waals surface area (Å²) < 4.78 is 20.6. The van der Waals surface area contributed by atoms with Crippen LogP contribution in [0.2, 0.25) is 0 Å². The quantitative estimate of drug-likeness (QED) is 0.659. The van der Waals surface area contributed by atoms with Gasteiger partial charge in [0.1, 0.15) is 0 Å². The zero-order valence-corrected chi connectivity index (χ0v) is 7.32. The Balaban J connectivity index is 3.69. The van der Waals surface area contributed by atoms with Crippen LogP contribution in [-0.2, 0) is 9.05 Å². The standard InChI is InChI=1S/C5H11ClO3S/c1-2-3-5(7)4-10(6,8)9/h5,7H,2-4H2,1H3. The molecule has 0 aliphatic heterocycles. The number of hydrogen-bond donors (Lipinski definition) is 1. The van der Waals surface area contributed by atoms with Crippen molar-refractivity contribution in [2.24, 2.45) is 0 Å². The van der Waals surface area contributed by atoms with E-state index in [9.17, 15) is 8.42 Å². The van der Waals surface area contributed by atoms with Gasteiger partial charge in [0, 0.05) is 10.7 Å². The minimum atomic E-state index is -3.52. The molecule has 0 aromatic carbocycles. The van der Waals surface area contributed by atoms with Crippen LogP contribution in [0.5, 0.6) is 0 Å². The zero-order valence-electron chi connectivity index (χ0n) is 5.75. The van der Waals surface area contributed by atoms with Crippen LogP contribution in [-0.4, -0.2) is 25.4 Å². The summed E-state index contributed by atoms with van der Waals surface area (Å²) in [6.07, 6.45) is 0.423. The third-order valence-electron chi connectivity index (χ3n) is 1.01. The van der Waals surface area contributed by atoms with Crippen LogP contribution < -0.4 is 0 Å². The van der Waals surface area contributed by atoms with Crippen LogP contribution in [0.25, 0.3) is 0 Å². The summed E-state index contributed by atoms with van der Waals surface area (Å²) >= 11 is 0. The first-order valence-electron chi connectivity index (χ1n) is 3.06. The van der Waals surface area contributed by atoms with E-state index in [-0.39, 0.29) is 5.75 Å². The maximum atomic E-state index is 10.3. The van der Waals surface area contributed by atoms with Crippen LogP contribution >= 0.6 is 10.7 Å². The molecule has 62 valence electrons. The summed E-state index contributed by atoms with van der Waals surface area (Å²) in [5.41, 5.74) is 0. The Morgan fingerprint density at radius 3 is 2.40 bits per heavy atom. The van der Waals surface area contributed by atoms with Crippen molar-refractivity contribution in [1.29, 1.82) is 0 Å². The molecule has 0 aromatic rings. The van der Waals surface area contributed by atoms with Crippen molar-refractivity contribution in [2.45, 2.75) is 25.9 Å². The van der Waals surface area contributed by atoms with Gasteiger partial charge in [-0.1, -0.05) is 13.3 Å². The molecule has 10 heavy (non-hydrogen) atoms. The highest BCUT2D eigenvalue weighted by molar-refractivity contribution is 8.13. The highest BCUT2D eigenvalue weighted by atomic mass is 35.7. The number of rotatable bonds is 4. The molecule has 1 atom stereocenters. The molecule has 0 aliphatic rings. The van der Waals surface area contributed by atoms with Gasteiger partial charge in [0.2, 0.25) is 9.05 Å². The van der Waals surface area contributed by atoms with Crippen molar-refractivity contribution in [3.8, 4) is 0 Å². The fourth-order valence-corrected chi connectivity index (χ4v) is 1.71. The Kier molecular flexibility index (Phi) is 4.24. The smallest absolute Gasteiger partial charge is 0.235 e. The van der Waals surface area contributed by atoms with E-state index >= 15 is 0 Å². The average molecular weight is 187 g/mol. The van der Waals surface area contributed by atoms with E-state index in [2.05, 4.69) is 0 Å². The summed E-state index contributed by atoms with van der Waals surface area (Å²) in [7, 11) is 1.35. The Labute approximate surface area is 65.4 Å². The molecule has 0 radical (unpaired) electrons. The Morgan fingerprint density at radius 1 is 1.60 bits per heavy atom. The van der Waals surface area contributed by atoms with Gasteiger partial charge in [-0.2, -0.15) is 0 Å². The molecule has 0 rings (SSSR count). The fourth-order valence-electron chi connectivity index (χ4n) is 0.646. The molecule has 0 fully saturated rings. The fraction of sp³-hybridized carbons (Fsp3) is 1.00.